The molecule has 0 unspecified atom stereocenters. The van der Waals surface area contributed by atoms with Crippen molar-refractivity contribution in [2.75, 3.05) is 36.8 Å². The van der Waals surface area contributed by atoms with Crippen LogP contribution in [0.4, 0.5) is 16.2 Å². The van der Waals surface area contributed by atoms with Gasteiger partial charge in [0.2, 0.25) is 0 Å². The topological polar surface area (TPSA) is 73.9 Å². The van der Waals surface area contributed by atoms with Crippen LogP contribution in [-0.2, 0) is 16.1 Å². The molecule has 3 aromatic rings. The van der Waals surface area contributed by atoms with Crippen molar-refractivity contribution < 1.29 is 14.3 Å². The number of rotatable bonds is 5. The number of ether oxygens (including phenoxy) is 1. The average Bonchev–Trinajstić information content (AvgIpc) is 3.22. The molecular weight excluding hydrogens is 512 g/mol. The molecule has 7 nitrogen and oxygen atoms in total. The summed E-state index contributed by atoms with van der Waals surface area (Å²) < 4.78 is 5.50. The van der Waals surface area contributed by atoms with Crippen LogP contribution < -0.4 is 10.6 Å². The number of amides is 2. The highest BCUT2D eigenvalue weighted by Crippen LogP contribution is 2.38. The fraction of sp³-hybridized carbons (Fsp3) is 0.290. The van der Waals surface area contributed by atoms with Gasteiger partial charge in [0.15, 0.2) is 0 Å². The Morgan fingerprint density at radius 2 is 1.67 bits per heavy atom. The Hall–Kier alpha value is -3.81. The maximum atomic E-state index is 13.1. The molecule has 0 bridgehead atoms. The fourth-order valence-electron chi connectivity index (χ4n) is 4.79. The molecule has 0 atom stereocenters. The first-order valence-corrected chi connectivity index (χ1v) is 13.5. The molecular formula is C31H33ClN4O3. The molecule has 1 saturated heterocycles. The molecule has 8 heteroatoms. The summed E-state index contributed by atoms with van der Waals surface area (Å²) in [6.07, 6.45) is -0.248. The Balaban J connectivity index is 1.29. The van der Waals surface area contributed by atoms with Gasteiger partial charge in [0.25, 0.3) is 5.91 Å². The minimum absolute atomic E-state index is 0.166. The standard InChI is InChI=1S/C31H33ClN4O3/c1-31(2,3)39-30(38)36-17-15-35(16-18-36)20-21-9-12-24(13-10-21)33-28(22-7-5-4-6-8-22)27-25-14-11-23(32)19-26(25)34-29(27)37/h4-14,19,33H,15-18,20H2,1-3H3,(H,34,37)/b28-27-. The van der Waals surface area contributed by atoms with Crippen LogP contribution in [0.25, 0.3) is 11.3 Å². The van der Waals surface area contributed by atoms with E-state index in [4.69, 9.17) is 16.3 Å². The van der Waals surface area contributed by atoms with Crippen molar-refractivity contribution in [2.45, 2.75) is 32.9 Å². The normalized spacial score (nSPS) is 16.9. The van der Waals surface area contributed by atoms with Crippen LogP contribution in [-0.4, -0.2) is 53.6 Å². The second kappa shape index (κ2) is 11.1. The number of piperazine rings is 1. The van der Waals surface area contributed by atoms with E-state index < -0.39 is 5.60 Å². The minimum atomic E-state index is -0.487. The summed E-state index contributed by atoms with van der Waals surface area (Å²) in [6.45, 7) is 9.34. The van der Waals surface area contributed by atoms with Gasteiger partial charge in [0.05, 0.1) is 17.0 Å². The third-order valence-electron chi connectivity index (χ3n) is 6.69. The van der Waals surface area contributed by atoms with E-state index >= 15 is 0 Å². The summed E-state index contributed by atoms with van der Waals surface area (Å²) in [5.74, 6) is -0.166. The lowest BCUT2D eigenvalue weighted by Gasteiger charge is -2.35. The molecule has 0 radical (unpaired) electrons. The van der Waals surface area contributed by atoms with E-state index in [9.17, 15) is 9.59 Å². The Labute approximate surface area is 234 Å². The van der Waals surface area contributed by atoms with Crippen molar-refractivity contribution in [3.63, 3.8) is 0 Å². The smallest absolute Gasteiger partial charge is 0.410 e. The lowest BCUT2D eigenvalue weighted by Crippen LogP contribution is -2.49. The van der Waals surface area contributed by atoms with Crippen LogP contribution in [0.3, 0.4) is 0 Å². The van der Waals surface area contributed by atoms with Gasteiger partial charge < -0.3 is 20.3 Å². The van der Waals surface area contributed by atoms with Crippen molar-refractivity contribution >= 4 is 46.2 Å². The average molecular weight is 545 g/mol. The van der Waals surface area contributed by atoms with Gasteiger partial charge in [-0.2, -0.15) is 0 Å². The van der Waals surface area contributed by atoms with Gasteiger partial charge in [0, 0.05) is 49.0 Å². The molecule has 5 rings (SSSR count). The number of hydrogen-bond donors (Lipinski definition) is 2. The molecule has 3 aromatic carbocycles. The summed E-state index contributed by atoms with van der Waals surface area (Å²) in [5.41, 5.74) is 5.34. The number of anilines is 2. The summed E-state index contributed by atoms with van der Waals surface area (Å²) in [7, 11) is 0. The molecule has 0 aromatic heterocycles. The highest BCUT2D eigenvalue weighted by atomic mass is 35.5. The summed E-state index contributed by atoms with van der Waals surface area (Å²) in [4.78, 5) is 29.5. The van der Waals surface area contributed by atoms with Crippen molar-refractivity contribution in [3.8, 4) is 0 Å². The molecule has 39 heavy (non-hydrogen) atoms. The van der Waals surface area contributed by atoms with E-state index in [1.54, 1.807) is 17.0 Å². The number of fused-ring (bicyclic) bond motifs is 1. The first-order valence-electron chi connectivity index (χ1n) is 13.1. The Bertz CT molecular complexity index is 1390. The van der Waals surface area contributed by atoms with Crippen molar-refractivity contribution in [1.82, 2.24) is 9.80 Å². The predicted molar refractivity (Wildman–Crippen MR) is 156 cm³/mol. The van der Waals surface area contributed by atoms with Gasteiger partial charge in [-0.05, 0) is 56.2 Å². The van der Waals surface area contributed by atoms with Gasteiger partial charge in [-0.15, -0.1) is 0 Å². The minimum Gasteiger partial charge on any atom is -0.444 e. The van der Waals surface area contributed by atoms with E-state index in [1.807, 2.05) is 69.3 Å². The summed E-state index contributed by atoms with van der Waals surface area (Å²) in [6, 6.07) is 23.5. The van der Waals surface area contributed by atoms with Crippen molar-refractivity contribution in [1.29, 1.82) is 0 Å². The van der Waals surface area contributed by atoms with E-state index in [-0.39, 0.29) is 12.0 Å². The highest BCUT2D eigenvalue weighted by molar-refractivity contribution is 6.38. The van der Waals surface area contributed by atoms with Crippen LogP contribution in [0.2, 0.25) is 5.02 Å². The highest BCUT2D eigenvalue weighted by Gasteiger charge is 2.29. The zero-order valence-electron chi connectivity index (χ0n) is 22.5. The number of hydrogen-bond acceptors (Lipinski definition) is 5. The van der Waals surface area contributed by atoms with Gasteiger partial charge in [-0.3, -0.25) is 9.69 Å². The summed E-state index contributed by atoms with van der Waals surface area (Å²) in [5, 5.41) is 7.02. The molecule has 2 amide bonds. The van der Waals surface area contributed by atoms with Gasteiger partial charge in [-0.1, -0.05) is 60.1 Å². The number of halogens is 1. The SMILES string of the molecule is CC(C)(C)OC(=O)N1CCN(Cc2ccc(N/C(=C3\C(=O)Nc4cc(Cl)ccc43)c3ccccc3)cc2)CC1. The Morgan fingerprint density at radius 3 is 2.33 bits per heavy atom. The number of nitrogens with zero attached hydrogens (tertiary/aromatic N) is 2. The van der Waals surface area contributed by atoms with Crippen LogP contribution >= 0.6 is 11.6 Å². The van der Waals surface area contributed by atoms with Crippen LogP contribution in [0.1, 0.15) is 37.5 Å². The number of benzene rings is 3. The zero-order chi connectivity index (χ0) is 27.6. The molecule has 1 fully saturated rings. The third kappa shape index (κ3) is 6.44. The number of carbonyl (C=O) groups is 2. The summed E-state index contributed by atoms with van der Waals surface area (Å²) >= 11 is 6.16. The second-order valence-electron chi connectivity index (χ2n) is 10.8. The maximum absolute atomic E-state index is 13.1. The lowest BCUT2D eigenvalue weighted by molar-refractivity contribution is -0.110. The van der Waals surface area contributed by atoms with E-state index in [0.29, 0.717) is 29.4 Å². The Kier molecular flexibility index (Phi) is 7.64. The van der Waals surface area contributed by atoms with E-state index in [2.05, 4.69) is 27.7 Å². The van der Waals surface area contributed by atoms with Gasteiger partial charge in [-0.25, -0.2) is 4.79 Å². The second-order valence-corrected chi connectivity index (χ2v) is 11.3. The van der Waals surface area contributed by atoms with E-state index in [1.165, 1.54) is 5.56 Å². The third-order valence-corrected chi connectivity index (χ3v) is 6.93. The Morgan fingerprint density at radius 1 is 0.974 bits per heavy atom. The fourth-order valence-corrected chi connectivity index (χ4v) is 4.96. The van der Waals surface area contributed by atoms with Gasteiger partial charge >= 0.3 is 6.09 Å². The van der Waals surface area contributed by atoms with Crippen LogP contribution in [0.15, 0.2) is 72.8 Å². The van der Waals surface area contributed by atoms with Crippen LogP contribution in [0.5, 0.6) is 0 Å². The quantitative estimate of drug-likeness (QED) is 0.367. The first-order chi connectivity index (χ1) is 18.7. The zero-order valence-corrected chi connectivity index (χ0v) is 23.2. The lowest BCUT2D eigenvalue weighted by atomic mass is 10.00. The van der Waals surface area contributed by atoms with E-state index in [0.717, 1.165) is 42.1 Å². The van der Waals surface area contributed by atoms with Crippen LogP contribution in [0, 0.1) is 0 Å². The molecule has 202 valence electrons. The monoisotopic (exact) mass is 544 g/mol. The molecule has 0 spiro atoms. The molecule has 2 N–H and O–H groups in total. The molecule has 2 aliphatic heterocycles. The molecule has 2 heterocycles. The molecule has 0 aliphatic carbocycles. The van der Waals surface area contributed by atoms with Crippen molar-refractivity contribution in [3.05, 3.63) is 94.5 Å². The molecule has 2 aliphatic rings. The maximum Gasteiger partial charge on any atom is 0.410 e. The van der Waals surface area contributed by atoms with Crippen molar-refractivity contribution in [2.24, 2.45) is 0 Å². The first kappa shape index (κ1) is 26.8. The number of carbonyl (C=O) groups excluding carboxylic acids is 2. The largest absolute Gasteiger partial charge is 0.444 e. The number of nitrogens with one attached hydrogen (secondary N) is 2. The van der Waals surface area contributed by atoms with Gasteiger partial charge in [0.1, 0.15) is 5.60 Å². The predicted octanol–water partition coefficient (Wildman–Crippen LogP) is 6.33. The molecule has 0 saturated carbocycles.